The van der Waals surface area contributed by atoms with Gasteiger partial charge in [-0.2, -0.15) is 0 Å². The summed E-state index contributed by atoms with van der Waals surface area (Å²) in [6.07, 6.45) is 4.86. The summed E-state index contributed by atoms with van der Waals surface area (Å²) in [6, 6.07) is 13.6. The number of pyridine rings is 1. The lowest BCUT2D eigenvalue weighted by Gasteiger charge is -2.22. The number of aromatic nitrogens is 1. The van der Waals surface area contributed by atoms with Crippen LogP contribution in [0, 0.1) is 10.1 Å². The molecule has 9 heteroatoms. The standard InChI is InChI=1S/C27H23N3O6/c31-23-12-5-13-29(23)24(32)16-36-27(33)25-20-9-1-2-11-22(20)28-26-18(7-4-10-21(25)26)14-17-6-3-8-19(15-17)30(34)35/h1-3,6,8-9,11,14-15H,4-5,7,10,12-13,16H2. The molecule has 2 amide bonds. The summed E-state index contributed by atoms with van der Waals surface area (Å²) in [5.41, 5.74) is 3.89. The number of allylic oxidation sites excluding steroid dienone is 1. The quantitative estimate of drug-likeness (QED) is 0.300. The van der Waals surface area contributed by atoms with E-state index in [9.17, 15) is 24.5 Å². The Balaban J connectivity index is 1.52. The van der Waals surface area contributed by atoms with E-state index in [4.69, 9.17) is 9.72 Å². The molecule has 0 saturated carbocycles. The van der Waals surface area contributed by atoms with Crippen molar-refractivity contribution in [2.45, 2.75) is 32.1 Å². The number of hydrogen-bond acceptors (Lipinski definition) is 7. The lowest BCUT2D eigenvalue weighted by molar-refractivity contribution is -0.384. The average Bonchev–Trinajstić information content (AvgIpc) is 3.32. The molecule has 0 radical (unpaired) electrons. The van der Waals surface area contributed by atoms with E-state index < -0.39 is 23.4 Å². The fourth-order valence-electron chi connectivity index (χ4n) is 4.83. The van der Waals surface area contributed by atoms with Crippen molar-refractivity contribution in [3.8, 4) is 0 Å². The van der Waals surface area contributed by atoms with Gasteiger partial charge in [-0.25, -0.2) is 9.78 Å². The SMILES string of the molecule is O=C(OCC(=O)N1CCCC1=O)c1c2c(nc3ccccc13)C(=Cc1cccc([N+](=O)[O-])c1)CCC2. The minimum Gasteiger partial charge on any atom is -0.452 e. The van der Waals surface area contributed by atoms with E-state index in [2.05, 4.69) is 0 Å². The summed E-state index contributed by atoms with van der Waals surface area (Å²) in [4.78, 5) is 54.3. The van der Waals surface area contributed by atoms with Crippen LogP contribution in [0.2, 0.25) is 0 Å². The highest BCUT2D eigenvalue weighted by Gasteiger charge is 2.29. The Morgan fingerprint density at radius 2 is 1.92 bits per heavy atom. The van der Waals surface area contributed by atoms with Gasteiger partial charge in [0, 0.05) is 30.5 Å². The molecule has 1 aromatic heterocycles. The molecule has 182 valence electrons. The van der Waals surface area contributed by atoms with Crippen LogP contribution in [0.3, 0.4) is 0 Å². The summed E-state index contributed by atoms with van der Waals surface area (Å²) >= 11 is 0. The van der Waals surface area contributed by atoms with Crippen molar-refractivity contribution >= 4 is 46.0 Å². The Morgan fingerprint density at radius 1 is 1.08 bits per heavy atom. The van der Waals surface area contributed by atoms with Crippen LogP contribution >= 0.6 is 0 Å². The van der Waals surface area contributed by atoms with Gasteiger partial charge in [-0.3, -0.25) is 24.6 Å². The highest BCUT2D eigenvalue weighted by molar-refractivity contribution is 6.07. The normalized spacial score (nSPS) is 16.3. The van der Waals surface area contributed by atoms with Gasteiger partial charge in [0.05, 0.1) is 21.7 Å². The third-order valence-corrected chi connectivity index (χ3v) is 6.50. The van der Waals surface area contributed by atoms with Crippen LogP contribution in [0.5, 0.6) is 0 Å². The first kappa shape index (κ1) is 23.3. The van der Waals surface area contributed by atoms with Crippen LogP contribution in [0.15, 0.2) is 48.5 Å². The van der Waals surface area contributed by atoms with Gasteiger partial charge in [0.25, 0.3) is 11.6 Å². The second kappa shape index (κ2) is 9.69. The molecular weight excluding hydrogens is 462 g/mol. The molecule has 5 rings (SSSR count). The molecule has 0 bridgehead atoms. The molecule has 0 spiro atoms. The molecule has 3 aromatic rings. The minimum atomic E-state index is -0.638. The number of nitrogens with zero attached hydrogens (tertiary/aromatic N) is 3. The first-order valence-corrected chi connectivity index (χ1v) is 11.8. The minimum absolute atomic E-state index is 0.00253. The zero-order valence-electron chi connectivity index (χ0n) is 19.4. The van der Waals surface area contributed by atoms with Crippen molar-refractivity contribution in [2.75, 3.05) is 13.2 Å². The predicted octanol–water partition coefficient (Wildman–Crippen LogP) is 4.33. The number of para-hydroxylation sites is 1. The first-order valence-electron chi connectivity index (χ1n) is 11.8. The molecule has 2 aromatic carbocycles. The fraction of sp³-hybridized carbons (Fsp3) is 0.259. The topological polar surface area (TPSA) is 120 Å². The maximum atomic E-state index is 13.3. The Kier molecular flexibility index (Phi) is 6.28. The lowest BCUT2D eigenvalue weighted by Crippen LogP contribution is -2.35. The number of fused-ring (bicyclic) bond motifs is 2. The Bertz CT molecular complexity index is 1440. The average molecular weight is 485 g/mol. The molecular formula is C27H23N3O6. The lowest BCUT2D eigenvalue weighted by atomic mass is 9.86. The number of carbonyl (C=O) groups is 3. The van der Waals surface area contributed by atoms with Gasteiger partial charge < -0.3 is 4.74 Å². The summed E-state index contributed by atoms with van der Waals surface area (Å²) in [6.45, 7) is -0.166. The zero-order valence-corrected chi connectivity index (χ0v) is 19.4. The van der Waals surface area contributed by atoms with E-state index in [1.807, 2.05) is 18.2 Å². The molecule has 2 aliphatic rings. The summed E-state index contributed by atoms with van der Waals surface area (Å²) in [7, 11) is 0. The van der Waals surface area contributed by atoms with Gasteiger partial charge in [-0.15, -0.1) is 0 Å². The van der Waals surface area contributed by atoms with Crippen molar-refractivity contribution in [2.24, 2.45) is 0 Å². The first-order chi connectivity index (χ1) is 17.4. The number of rotatable bonds is 5. The van der Waals surface area contributed by atoms with Crippen molar-refractivity contribution in [3.63, 3.8) is 0 Å². The highest BCUT2D eigenvalue weighted by atomic mass is 16.6. The number of carbonyl (C=O) groups excluding carboxylic acids is 3. The smallest absolute Gasteiger partial charge is 0.339 e. The fourth-order valence-corrected chi connectivity index (χ4v) is 4.83. The highest BCUT2D eigenvalue weighted by Crippen LogP contribution is 2.36. The van der Waals surface area contributed by atoms with Gasteiger partial charge in [0.2, 0.25) is 5.91 Å². The number of non-ortho nitro benzene ring substituents is 1. The van der Waals surface area contributed by atoms with Crippen LogP contribution in [0.25, 0.3) is 22.6 Å². The van der Waals surface area contributed by atoms with Gasteiger partial charge in [-0.1, -0.05) is 30.3 Å². The van der Waals surface area contributed by atoms with Crippen LogP contribution < -0.4 is 0 Å². The van der Waals surface area contributed by atoms with E-state index in [0.29, 0.717) is 60.0 Å². The van der Waals surface area contributed by atoms with Crippen LogP contribution in [-0.4, -0.2) is 45.7 Å². The largest absolute Gasteiger partial charge is 0.452 e. The van der Waals surface area contributed by atoms with Crippen LogP contribution in [0.1, 0.15) is 52.9 Å². The maximum absolute atomic E-state index is 13.3. The molecule has 2 heterocycles. The van der Waals surface area contributed by atoms with Crippen LogP contribution in [0.4, 0.5) is 5.69 Å². The monoisotopic (exact) mass is 485 g/mol. The molecule has 1 fully saturated rings. The van der Waals surface area contributed by atoms with E-state index in [1.165, 1.54) is 12.1 Å². The molecule has 1 aliphatic carbocycles. The van der Waals surface area contributed by atoms with Gasteiger partial charge >= 0.3 is 5.97 Å². The number of nitro benzene ring substituents is 1. The van der Waals surface area contributed by atoms with Gasteiger partial charge in [0.1, 0.15) is 0 Å². The van der Waals surface area contributed by atoms with Gasteiger partial charge in [0.15, 0.2) is 6.61 Å². The zero-order chi connectivity index (χ0) is 25.2. The summed E-state index contributed by atoms with van der Waals surface area (Å²) in [5.74, 6) is -1.41. The Morgan fingerprint density at radius 3 is 2.69 bits per heavy atom. The van der Waals surface area contributed by atoms with E-state index in [0.717, 1.165) is 22.5 Å². The number of likely N-dealkylation sites (tertiary alicyclic amines) is 1. The number of benzene rings is 2. The number of ether oxygens (including phenoxy) is 1. The number of imide groups is 1. The predicted molar refractivity (Wildman–Crippen MR) is 132 cm³/mol. The maximum Gasteiger partial charge on any atom is 0.339 e. The van der Waals surface area contributed by atoms with E-state index in [-0.39, 0.29) is 11.6 Å². The molecule has 0 unspecified atom stereocenters. The van der Waals surface area contributed by atoms with Gasteiger partial charge in [-0.05, 0) is 54.5 Å². The molecule has 0 atom stereocenters. The molecule has 1 aliphatic heterocycles. The van der Waals surface area contributed by atoms with Crippen molar-refractivity contribution < 1.29 is 24.0 Å². The van der Waals surface area contributed by atoms with E-state index >= 15 is 0 Å². The number of nitro groups is 1. The number of esters is 1. The summed E-state index contributed by atoms with van der Waals surface area (Å²) < 4.78 is 5.42. The summed E-state index contributed by atoms with van der Waals surface area (Å²) in [5, 5.41) is 11.8. The van der Waals surface area contributed by atoms with Crippen molar-refractivity contribution in [3.05, 3.63) is 81.0 Å². The van der Waals surface area contributed by atoms with E-state index in [1.54, 1.807) is 24.3 Å². The van der Waals surface area contributed by atoms with Crippen molar-refractivity contribution in [1.29, 1.82) is 0 Å². The Hall–Kier alpha value is -4.40. The number of amides is 2. The second-order valence-electron chi connectivity index (χ2n) is 8.83. The second-order valence-corrected chi connectivity index (χ2v) is 8.83. The van der Waals surface area contributed by atoms with Crippen LogP contribution in [-0.2, 0) is 20.7 Å². The third kappa shape index (κ3) is 4.47. The molecule has 0 N–H and O–H groups in total. The Labute approximate surface area is 206 Å². The molecule has 1 saturated heterocycles. The third-order valence-electron chi connectivity index (χ3n) is 6.50. The molecule has 36 heavy (non-hydrogen) atoms. The van der Waals surface area contributed by atoms with Crippen molar-refractivity contribution in [1.82, 2.24) is 9.88 Å². The number of hydrogen-bond donors (Lipinski definition) is 0. The molecule has 9 nitrogen and oxygen atoms in total.